The van der Waals surface area contributed by atoms with Crippen molar-refractivity contribution in [3.63, 3.8) is 0 Å². The highest BCUT2D eigenvalue weighted by molar-refractivity contribution is 5.79. The van der Waals surface area contributed by atoms with Gasteiger partial charge in [-0.15, -0.1) is 0 Å². The summed E-state index contributed by atoms with van der Waals surface area (Å²) in [6, 6.07) is 29.4. The van der Waals surface area contributed by atoms with E-state index in [4.69, 9.17) is 5.73 Å². The first-order valence-corrected chi connectivity index (χ1v) is 8.64. The minimum Gasteiger partial charge on any atom is -0.399 e. The molecule has 3 aromatic carbocycles. The second-order valence-electron chi connectivity index (χ2n) is 6.15. The fraction of sp³-hybridized carbons (Fsp3) is 0.130. The van der Waals surface area contributed by atoms with Crippen molar-refractivity contribution in [2.24, 2.45) is 0 Å². The van der Waals surface area contributed by atoms with Crippen molar-refractivity contribution < 1.29 is 0 Å². The van der Waals surface area contributed by atoms with Gasteiger partial charge in [0.15, 0.2) is 0 Å². The van der Waals surface area contributed by atoms with Crippen molar-refractivity contribution in [3.05, 3.63) is 108 Å². The molecule has 0 saturated carbocycles. The molecule has 1 atom stereocenters. The van der Waals surface area contributed by atoms with Gasteiger partial charge < -0.3 is 11.1 Å². The molecule has 0 bridgehead atoms. The molecular weight excluding hydrogens is 304 g/mol. The zero-order chi connectivity index (χ0) is 17.5. The molecule has 2 nitrogen and oxygen atoms in total. The van der Waals surface area contributed by atoms with E-state index in [0.717, 1.165) is 12.2 Å². The Hall–Kier alpha value is -2.84. The molecule has 0 saturated heterocycles. The molecule has 2 heteroatoms. The van der Waals surface area contributed by atoms with Gasteiger partial charge >= 0.3 is 0 Å². The number of nitrogens with two attached hydrogens (primary N) is 1. The lowest BCUT2D eigenvalue weighted by Gasteiger charge is -2.14. The van der Waals surface area contributed by atoms with Crippen molar-refractivity contribution >= 4 is 11.3 Å². The van der Waals surface area contributed by atoms with Crippen LogP contribution in [0.4, 0.5) is 5.69 Å². The van der Waals surface area contributed by atoms with Crippen LogP contribution in [0.3, 0.4) is 0 Å². The van der Waals surface area contributed by atoms with Crippen LogP contribution in [0.1, 0.15) is 29.7 Å². The summed E-state index contributed by atoms with van der Waals surface area (Å²) in [7, 11) is 0. The summed E-state index contributed by atoms with van der Waals surface area (Å²) >= 11 is 0. The lowest BCUT2D eigenvalue weighted by molar-refractivity contribution is 0.618. The molecule has 0 aliphatic heterocycles. The van der Waals surface area contributed by atoms with Crippen molar-refractivity contribution in [1.29, 1.82) is 0 Å². The van der Waals surface area contributed by atoms with E-state index < -0.39 is 0 Å². The predicted molar refractivity (Wildman–Crippen MR) is 107 cm³/mol. The molecule has 0 amide bonds. The first-order valence-electron chi connectivity index (χ1n) is 8.64. The first kappa shape index (κ1) is 17.0. The normalized spacial score (nSPS) is 11.7. The van der Waals surface area contributed by atoms with Gasteiger partial charge in [-0.3, -0.25) is 0 Å². The second-order valence-corrected chi connectivity index (χ2v) is 6.15. The van der Waals surface area contributed by atoms with Crippen LogP contribution in [0.15, 0.2) is 91.0 Å². The third-order valence-corrected chi connectivity index (χ3v) is 4.34. The molecule has 0 fully saturated rings. The van der Waals surface area contributed by atoms with E-state index in [1.165, 1.54) is 22.3 Å². The van der Waals surface area contributed by atoms with Crippen LogP contribution in [0.25, 0.3) is 5.57 Å². The molecule has 0 aromatic heterocycles. The van der Waals surface area contributed by atoms with Crippen molar-refractivity contribution in [1.82, 2.24) is 5.32 Å². The number of benzene rings is 3. The first-order chi connectivity index (χ1) is 12.2. The van der Waals surface area contributed by atoms with Gasteiger partial charge in [0.2, 0.25) is 0 Å². The Labute approximate surface area is 150 Å². The van der Waals surface area contributed by atoms with Crippen molar-refractivity contribution in [2.45, 2.75) is 13.0 Å². The van der Waals surface area contributed by atoms with E-state index in [1.54, 1.807) is 0 Å². The Morgan fingerprint density at radius 3 is 1.88 bits per heavy atom. The van der Waals surface area contributed by atoms with E-state index in [2.05, 4.69) is 79.0 Å². The quantitative estimate of drug-likeness (QED) is 0.621. The van der Waals surface area contributed by atoms with E-state index in [-0.39, 0.29) is 6.04 Å². The molecule has 0 spiro atoms. The molecule has 0 heterocycles. The van der Waals surface area contributed by atoms with Gasteiger partial charge in [-0.25, -0.2) is 0 Å². The van der Waals surface area contributed by atoms with Crippen molar-refractivity contribution in [2.75, 3.05) is 12.3 Å². The van der Waals surface area contributed by atoms with Gasteiger partial charge in [0.25, 0.3) is 0 Å². The summed E-state index contributed by atoms with van der Waals surface area (Å²) < 4.78 is 0. The average Bonchev–Trinajstić information content (AvgIpc) is 2.67. The maximum Gasteiger partial charge on any atom is 0.0314 e. The third kappa shape index (κ3) is 4.59. The van der Waals surface area contributed by atoms with Gasteiger partial charge in [-0.1, -0.05) is 78.9 Å². The summed E-state index contributed by atoms with van der Waals surface area (Å²) in [5, 5.41) is 3.57. The molecule has 3 rings (SSSR count). The maximum absolute atomic E-state index is 5.77. The van der Waals surface area contributed by atoms with Crippen LogP contribution in [-0.4, -0.2) is 6.54 Å². The van der Waals surface area contributed by atoms with Crippen molar-refractivity contribution in [3.8, 4) is 0 Å². The molecule has 1 unspecified atom stereocenters. The summed E-state index contributed by atoms with van der Waals surface area (Å²) in [6.45, 7) is 2.97. The zero-order valence-corrected chi connectivity index (χ0v) is 14.5. The number of rotatable bonds is 6. The van der Waals surface area contributed by atoms with E-state index in [0.29, 0.717) is 0 Å². The van der Waals surface area contributed by atoms with Gasteiger partial charge in [0.1, 0.15) is 0 Å². The third-order valence-electron chi connectivity index (χ3n) is 4.34. The van der Waals surface area contributed by atoms with Crippen LogP contribution in [-0.2, 0) is 0 Å². The van der Waals surface area contributed by atoms with Gasteiger partial charge in [-0.2, -0.15) is 0 Å². The van der Waals surface area contributed by atoms with Crippen LogP contribution in [0.5, 0.6) is 0 Å². The Morgan fingerprint density at radius 2 is 1.36 bits per heavy atom. The lowest BCUT2D eigenvalue weighted by Crippen LogP contribution is -2.18. The smallest absolute Gasteiger partial charge is 0.0314 e. The number of hydrogen-bond acceptors (Lipinski definition) is 2. The van der Waals surface area contributed by atoms with Gasteiger partial charge in [-0.05, 0) is 41.3 Å². The standard InChI is InChI=1S/C23H24N2/c1-18(19-12-14-22(24)15-13-19)25-17-16-23(20-8-4-2-5-9-20)21-10-6-3-7-11-21/h2-16,18,25H,17,24H2,1H3. The Balaban J connectivity index is 1.76. The minimum absolute atomic E-state index is 0.268. The van der Waals surface area contributed by atoms with Crippen LogP contribution < -0.4 is 11.1 Å². The second kappa shape index (κ2) is 8.32. The van der Waals surface area contributed by atoms with Crippen LogP contribution >= 0.6 is 0 Å². The number of hydrogen-bond donors (Lipinski definition) is 2. The molecule has 126 valence electrons. The number of anilines is 1. The molecule has 0 aliphatic rings. The zero-order valence-electron chi connectivity index (χ0n) is 14.5. The molecule has 0 aliphatic carbocycles. The van der Waals surface area contributed by atoms with Gasteiger partial charge in [0.05, 0.1) is 0 Å². The Bertz CT molecular complexity index is 764. The molecule has 25 heavy (non-hydrogen) atoms. The highest BCUT2D eigenvalue weighted by Gasteiger charge is 2.06. The minimum atomic E-state index is 0.268. The fourth-order valence-electron chi connectivity index (χ4n) is 2.88. The Morgan fingerprint density at radius 1 is 0.840 bits per heavy atom. The SMILES string of the molecule is CC(NCC=C(c1ccccc1)c1ccccc1)c1ccc(N)cc1. The average molecular weight is 328 g/mol. The van der Waals surface area contributed by atoms with Crippen LogP contribution in [0, 0.1) is 0 Å². The summed E-state index contributed by atoms with van der Waals surface area (Å²) in [4.78, 5) is 0. The number of nitrogens with one attached hydrogen (secondary N) is 1. The van der Waals surface area contributed by atoms with Crippen LogP contribution in [0.2, 0.25) is 0 Å². The maximum atomic E-state index is 5.77. The largest absolute Gasteiger partial charge is 0.399 e. The monoisotopic (exact) mass is 328 g/mol. The summed E-state index contributed by atoms with van der Waals surface area (Å²) in [5.41, 5.74) is 11.5. The fourth-order valence-corrected chi connectivity index (χ4v) is 2.88. The van der Waals surface area contributed by atoms with Gasteiger partial charge in [0, 0.05) is 18.3 Å². The van der Waals surface area contributed by atoms with E-state index >= 15 is 0 Å². The van der Waals surface area contributed by atoms with E-state index in [1.807, 2.05) is 24.3 Å². The predicted octanol–water partition coefficient (Wildman–Crippen LogP) is 5.05. The highest BCUT2D eigenvalue weighted by atomic mass is 14.9. The topological polar surface area (TPSA) is 38.0 Å². The molecule has 3 aromatic rings. The Kier molecular flexibility index (Phi) is 5.65. The number of nitrogen functional groups attached to an aromatic ring is 1. The molecule has 3 N–H and O–H groups in total. The van der Waals surface area contributed by atoms with E-state index in [9.17, 15) is 0 Å². The molecule has 0 radical (unpaired) electrons. The lowest BCUT2D eigenvalue weighted by atomic mass is 9.97. The highest BCUT2D eigenvalue weighted by Crippen LogP contribution is 2.23. The molecular formula is C23H24N2. The summed E-state index contributed by atoms with van der Waals surface area (Å²) in [5.74, 6) is 0. The summed E-state index contributed by atoms with van der Waals surface area (Å²) in [6.07, 6.45) is 2.26.